The van der Waals surface area contributed by atoms with Crippen molar-refractivity contribution in [1.82, 2.24) is 5.31 Å². The van der Waals surface area contributed by atoms with Crippen LogP contribution in [0.5, 0.6) is 0 Å². The maximum absolute atomic E-state index is 7.17. The van der Waals surface area contributed by atoms with Crippen molar-refractivity contribution in [3.63, 3.8) is 0 Å². The van der Waals surface area contributed by atoms with Crippen LogP contribution in [0.1, 0.15) is 11.0 Å². The van der Waals surface area contributed by atoms with E-state index in [1.54, 1.807) is 0 Å². The Kier molecular flexibility index (Phi) is 0.231. The summed E-state index contributed by atoms with van der Waals surface area (Å²) in [5.41, 5.74) is 0. The van der Waals surface area contributed by atoms with Gasteiger partial charge in [0.2, 0.25) is 0 Å². The second-order valence-corrected chi connectivity index (χ2v) is 0.642. The largest absolute Gasteiger partial charge is 0.379 e. The molecule has 0 amide bonds. The monoisotopic (exact) mass is 96.1 g/mol. The lowest BCUT2D eigenvalue weighted by Crippen LogP contribution is -2.30. The minimum atomic E-state index is -3.11. The minimum Gasteiger partial charge on any atom is -0.379 e. The van der Waals surface area contributed by atoms with Gasteiger partial charge in [-0.15, -0.1) is 0 Å². The second kappa shape index (κ2) is 2.16. The topological polar surface area (TPSA) is 21.3 Å². The summed E-state index contributed by atoms with van der Waals surface area (Å²) in [5, 5.41) is -0.385. The van der Waals surface area contributed by atoms with Gasteiger partial charge in [-0.1, -0.05) is 0 Å². The van der Waals surface area contributed by atoms with Gasteiger partial charge in [0, 0.05) is 18.5 Å². The summed E-state index contributed by atoms with van der Waals surface area (Å²) in [5.74, 6) is 0. The van der Waals surface area contributed by atoms with Crippen LogP contribution in [-0.4, -0.2) is 26.1 Å². The van der Waals surface area contributed by atoms with Gasteiger partial charge in [0.25, 0.3) is 0 Å². The summed E-state index contributed by atoms with van der Waals surface area (Å²) in [6, 6.07) is 0. The lowest BCUT2D eigenvalue weighted by molar-refractivity contribution is 0.109. The molecule has 0 aromatic heterocycles. The first-order chi connectivity index (χ1) is 6.36. The predicted octanol–water partition coefficient (Wildman–Crippen LogP) is -0.394. The molecule has 0 atom stereocenters. The van der Waals surface area contributed by atoms with Gasteiger partial charge < -0.3 is 10.0 Å². The lowest BCUT2D eigenvalue weighted by atomic mass is 10.5. The molecule has 2 heteroatoms. The molecule has 0 spiro atoms. The third-order valence-electron chi connectivity index (χ3n) is 0.305. The fourth-order valence-electron chi connectivity index (χ4n) is 0.145. The van der Waals surface area contributed by atoms with Crippen molar-refractivity contribution >= 4 is 0 Å². The van der Waals surface area contributed by atoms with Crippen molar-refractivity contribution in [3.05, 3.63) is 0 Å². The maximum Gasteiger partial charge on any atom is 0.122 e. The minimum absolute atomic E-state index is 0.385. The molecule has 0 aromatic rings. The highest BCUT2D eigenvalue weighted by molar-refractivity contribution is 4.49. The van der Waals surface area contributed by atoms with Crippen LogP contribution < -0.4 is 5.31 Å². The third kappa shape index (κ3) is 0.954. The molecule has 1 fully saturated rings. The first-order valence-electron chi connectivity index (χ1n) is 5.80. The summed E-state index contributed by atoms with van der Waals surface area (Å²) in [7, 11) is 0. The molecule has 1 heterocycles. The van der Waals surface area contributed by atoms with Crippen LogP contribution in [0.25, 0.3) is 0 Å². The number of hydrogen-bond acceptors (Lipinski definition) is 2. The van der Waals surface area contributed by atoms with Gasteiger partial charge in [0.1, 0.15) is 1.41 Å². The van der Waals surface area contributed by atoms with Crippen molar-refractivity contribution in [2.75, 3.05) is 26.1 Å². The predicted molar refractivity (Wildman–Crippen MR) is 23.7 cm³/mol. The van der Waals surface area contributed by atoms with E-state index in [4.69, 9.17) is 12.4 Å². The van der Waals surface area contributed by atoms with E-state index in [9.17, 15) is 0 Å². The number of nitrogens with one attached hydrogen (secondary N) is 1. The van der Waals surface area contributed by atoms with Gasteiger partial charge in [0.05, 0.1) is 18.6 Å². The summed E-state index contributed by atoms with van der Waals surface area (Å²) in [6.45, 7) is -12.4. The molecular weight excluding hydrogens is 78.0 g/mol. The zero-order valence-corrected chi connectivity index (χ0v) is 2.86. The molecule has 0 radical (unpaired) electrons. The molecule has 1 N–H and O–H groups in total. The highest BCUT2D eigenvalue weighted by atomic mass is 16.5. The molecular formula is C4H9NO. The fourth-order valence-corrected chi connectivity index (χ4v) is 0.145. The van der Waals surface area contributed by atoms with Crippen LogP contribution in [0.3, 0.4) is 0 Å². The highest BCUT2D eigenvalue weighted by Crippen LogP contribution is 1.76. The van der Waals surface area contributed by atoms with E-state index in [2.05, 4.69) is 4.74 Å². The van der Waals surface area contributed by atoms with Crippen LogP contribution in [0.2, 0.25) is 1.41 Å². The molecule has 1 aliphatic heterocycles. The molecule has 0 bridgehead atoms. The van der Waals surface area contributed by atoms with E-state index >= 15 is 0 Å². The summed E-state index contributed by atoms with van der Waals surface area (Å²) in [6.07, 6.45) is 0. The molecule has 1 aliphatic rings. The zero-order valence-electron chi connectivity index (χ0n) is 11.9. The Morgan fingerprint density at radius 1 is 1.67 bits per heavy atom. The molecule has 36 valence electrons. The maximum atomic E-state index is 7.17. The summed E-state index contributed by atoms with van der Waals surface area (Å²) >= 11 is 0. The molecule has 0 unspecified atom stereocenters. The average molecular weight is 96.2 g/mol. The quantitative estimate of drug-likeness (QED) is 0.443. The van der Waals surface area contributed by atoms with E-state index in [-0.39, 0.29) is 5.31 Å². The van der Waals surface area contributed by atoms with Crippen LogP contribution in [0.15, 0.2) is 0 Å². The van der Waals surface area contributed by atoms with E-state index in [1.807, 2.05) is 0 Å². The average Bonchev–Trinajstić information content (AvgIpc) is 1.98. The van der Waals surface area contributed by atoms with Crippen LogP contribution in [-0.2, 0) is 4.74 Å². The highest BCUT2D eigenvalue weighted by Gasteiger charge is 1.92. The number of hydrogen-bond donors (Lipinski definition) is 1. The van der Waals surface area contributed by atoms with E-state index in [0.717, 1.165) is 0 Å². The first-order valence-corrected chi connectivity index (χ1v) is 1.36. The van der Waals surface area contributed by atoms with Crippen molar-refractivity contribution < 1.29 is 17.1 Å². The Morgan fingerprint density at radius 3 is 3.00 bits per heavy atom. The van der Waals surface area contributed by atoms with Crippen LogP contribution >= 0.6 is 0 Å². The summed E-state index contributed by atoms with van der Waals surface area (Å²) < 4.78 is 68.3. The van der Waals surface area contributed by atoms with E-state index < -0.39 is 26.1 Å². The second-order valence-electron chi connectivity index (χ2n) is 0.642. The van der Waals surface area contributed by atoms with Gasteiger partial charge in [-0.25, -0.2) is 0 Å². The Morgan fingerprint density at radius 2 is 2.33 bits per heavy atom. The number of morpholine rings is 1. The molecule has 0 aromatic carbocycles. The van der Waals surface area contributed by atoms with Crippen molar-refractivity contribution in [3.8, 4) is 0 Å². The van der Waals surface area contributed by atoms with Crippen molar-refractivity contribution in [1.29, 1.82) is 0 Å². The van der Waals surface area contributed by atoms with Gasteiger partial charge in [-0.2, -0.15) is 0 Å². The molecule has 1 rings (SSSR count). The lowest BCUT2D eigenvalue weighted by Gasteiger charge is -2.10. The van der Waals surface area contributed by atoms with Gasteiger partial charge in [-0.3, -0.25) is 0 Å². The molecule has 0 aliphatic carbocycles. The zero-order chi connectivity index (χ0) is 12.3. The Balaban J connectivity index is 3.24. The molecule has 0 saturated carbocycles. The Hall–Kier alpha value is -0.0800. The standard InChI is InChI=1S/C4H9NO/c1-3-6-4-2-5-1/h5H,1-4H2/i1D2,2D2,3D2,4D2/hD. The van der Waals surface area contributed by atoms with Crippen LogP contribution in [0.4, 0.5) is 0 Å². The third-order valence-corrected chi connectivity index (χ3v) is 0.305. The molecule has 2 nitrogen and oxygen atoms in total. The van der Waals surface area contributed by atoms with Gasteiger partial charge in [-0.05, 0) is 0 Å². The van der Waals surface area contributed by atoms with Crippen molar-refractivity contribution in [2.45, 2.75) is 0 Å². The SMILES string of the molecule is [2H]N1C([2H])([2H])C([2H])([2H])OC([2H])([2H])C1([2H])[2H]. The molecule has 6 heavy (non-hydrogen) atoms. The molecule has 1 saturated heterocycles. The smallest absolute Gasteiger partial charge is 0.122 e. The van der Waals surface area contributed by atoms with Gasteiger partial charge in [0.15, 0.2) is 0 Å². The fraction of sp³-hybridized carbons (Fsp3) is 1.00. The Labute approximate surface area is 50.2 Å². The van der Waals surface area contributed by atoms with E-state index in [0.29, 0.717) is 0 Å². The number of ether oxygens (including phenoxy) is 1. The normalized spacial score (nSPS) is 83.0. The number of rotatable bonds is 0. The summed E-state index contributed by atoms with van der Waals surface area (Å²) in [4.78, 5) is 0. The first kappa shape index (κ1) is 0.644. The van der Waals surface area contributed by atoms with Gasteiger partial charge >= 0.3 is 0 Å². The van der Waals surface area contributed by atoms with Crippen LogP contribution in [0, 0.1) is 0 Å². The Bertz CT molecular complexity index is 249. The van der Waals surface area contributed by atoms with E-state index in [1.165, 1.54) is 0 Å². The van der Waals surface area contributed by atoms with Crippen molar-refractivity contribution in [2.24, 2.45) is 0 Å².